The van der Waals surface area contributed by atoms with Crippen LogP contribution in [0.4, 0.5) is 0 Å². The van der Waals surface area contributed by atoms with Crippen LogP contribution in [0, 0.1) is 27.7 Å². The maximum absolute atomic E-state index is 2.32. The Hall–Kier alpha value is -2.60. The highest BCUT2D eigenvalue weighted by atomic mass is 14.2. The zero-order chi connectivity index (χ0) is 18.6. The fourth-order valence-electron chi connectivity index (χ4n) is 4.64. The van der Waals surface area contributed by atoms with Gasteiger partial charge in [0, 0.05) is 0 Å². The maximum atomic E-state index is 2.32. The van der Waals surface area contributed by atoms with Gasteiger partial charge in [-0.05, 0) is 93.0 Å². The minimum Gasteiger partial charge on any atom is -0.0683 e. The Morgan fingerprint density at radius 2 is 0.577 bits per heavy atom. The molecule has 5 aromatic rings. The summed E-state index contributed by atoms with van der Waals surface area (Å²) in [5, 5.41) is 11.2. The highest BCUT2D eigenvalue weighted by Gasteiger charge is 2.16. The average molecular weight is 338 g/mol. The predicted octanol–water partition coefficient (Wildman–Crippen LogP) is 8.00. The molecule has 0 N–H and O–H groups in total. The smallest absolute Gasteiger partial charge is 0.00210 e. The summed E-state index contributed by atoms with van der Waals surface area (Å²) < 4.78 is 0. The van der Waals surface area contributed by atoms with E-state index in [1.165, 1.54) is 65.3 Å². The van der Waals surface area contributed by atoms with Gasteiger partial charge in [-0.1, -0.05) is 62.4 Å². The van der Waals surface area contributed by atoms with Crippen molar-refractivity contribution in [2.24, 2.45) is 0 Å². The van der Waals surface area contributed by atoms with Crippen LogP contribution >= 0.6 is 0 Å². The van der Waals surface area contributed by atoms with Gasteiger partial charge in [0.25, 0.3) is 0 Å². The molecule has 0 heteroatoms. The normalized spacial score (nSPS) is 11.5. The third kappa shape index (κ3) is 2.08. The summed E-state index contributed by atoms with van der Waals surface area (Å²) in [5.74, 6) is 0. The van der Waals surface area contributed by atoms with Crippen LogP contribution in [0.1, 0.15) is 36.1 Å². The van der Waals surface area contributed by atoms with E-state index in [0.29, 0.717) is 0 Å². The molecule has 0 saturated carbocycles. The zero-order valence-corrected chi connectivity index (χ0v) is 16.6. The lowest BCUT2D eigenvalue weighted by molar-refractivity contribution is 1.47. The first-order valence-corrected chi connectivity index (χ1v) is 9.64. The van der Waals surface area contributed by atoms with Crippen LogP contribution in [-0.4, -0.2) is 0 Å². The minimum absolute atomic E-state index is 1.37. The maximum Gasteiger partial charge on any atom is -0.00210 e. The van der Waals surface area contributed by atoms with Gasteiger partial charge in [-0.25, -0.2) is 0 Å². The molecule has 130 valence electrons. The molecule has 0 atom stereocenters. The molecule has 0 aliphatic carbocycles. The summed E-state index contributed by atoms with van der Waals surface area (Å²) in [6.07, 6.45) is 0. The Balaban J connectivity index is 0.000000814. The second kappa shape index (κ2) is 5.99. The van der Waals surface area contributed by atoms with E-state index in [1.807, 2.05) is 13.8 Å². The van der Waals surface area contributed by atoms with Crippen molar-refractivity contribution in [2.45, 2.75) is 41.5 Å². The third-order valence-corrected chi connectivity index (χ3v) is 5.74. The Labute approximate surface area is 155 Å². The molecular weight excluding hydrogens is 312 g/mol. The van der Waals surface area contributed by atoms with E-state index in [1.54, 1.807) is 0 Å². The first-order valence-electron chi connectivity index (χ1n) is 9.64. The summed E-state index contributed by atoms with van der Waals surface area (Å²) in [6.45, 7) is 12.9. The molecule has 0 nitrogen and oxygen atoms in total. The van der Waals surface area contributed by atoms with Crippen LogP contribution in [0.5, 0.6) is 0 Å². The first kappa shape index (κ1) is 16.8. The second-order valence-electron chi connectivity index (χ2n) is 7.22. The summed E-state index contributed by atoms with van der Waals surface area (Å²) in [5.41, 5.74) is 5.47. The van der Waals surface area contributed by atoms with Crippen LogP contribution in [0.25, 0.3) is 43.1 Å². The van der Waals surface area contributed by atoms with Crippen molar-refractivity contribution in [3.63, 3.8) is 0 Å². The fraction of sp³-hybridized carbons (Fsp3) is 0.231. The number of hydrogen-bond acceptors (Lipinski definition) is 0. The molecule has 0 fully saturated rings. The number of fused-ring (bicyclic) bond motifs is 2. The summed E-state index contributed by atoms with van der Waals surface area (Å²) in [4.78, 5) is 0. The largest absolute Gasteiger partial charge is 0.0683 e. The topological polar surface area (TPSA) is 0 Å². The molecule has 0 aliphatic rings. The summed E-state index contributed by atoms with van der Waals surface area (Å²) in [7, 11) is 0. The van der Waals surface area contributed by atoms with Gasteiger partial charge in [0.1, 0.15) is 0 Å². The fourth-order valence-corrected chi connectivity index (χ4v) is 4.64. The molecular formula is C26H26. The quantitative estimate of drug-likeness (QED) is 0.198. The first-order chi connectivity index (χ1) is 12.6. The highest BCUT2D eigenvalue weighted by molar-refractivity contribution is 6.34. The third-order valence-electron chi connectivity index (χ3n) is 5.74. The van der Waals surface area contributed by atoms with Crippen molar-refractivity contribution in [1.82, 2.24) is 0 Å². The Kier molecular flexibility index (Phi) is 3.88. The standard InChI is InChI=1S/C24H20.C2H6/c1-13-5-9-17-19-11-7-15(3)22-16(4)8-12-20(24(19)22)18-10-6-14(2)21(13)23(17)18;1-2/h5-12H,1-4H3;1-2H3. The van der Waals surface area contributed by atoms with Crippen molar-refractivity contribution < 1.29 is 0 Å². The number of aryl methyl sites for hydroxylation is 4. The van der Waals surface area contributed by atoms with Crippen LogP contribution in [0.3, 0.4) is 0 Å². The van der Waals surface area contributed by atoms with Crippen molar-refractivity contribution >= 4 is 43.1 Å². The molecule has 26 heavy (non-hydrogen) atoms. The van der Waals surface area contributed by atoms with Gasteiger partial charge in [0.15, 0.2) is 0 Å². The van der Waals surface area contributed by atoms with E-state index in [2.05, 4.69) is 76.2 Å². The Morgan fingerprint density at radius 1 is 0.346 bits per heavy atom. The van der Waals surface area contributed by atoms with Gasteiger partial charge < -0.3 is 0 Å². The van der Waals surface area contributed by atoms with Gasteiger partial charge in [0.05, 0.1) is 0 Å². The van der Waals surface area contributed by atoms with Crippen LogP contribution in [0.15, 0.2) is 48.5 Å². The molecule has 0 spiro atoms. The molecule has 5 rings (SSSR count). The predicted molar refractivity (Wildman–Crippen MR) is 118 cm³/mol. The highest BCUT2D eigenvalue weighted by Crippen LogP contribution is 2.43. The molecule has 0 unspecified atom stereocenters. The molecule has 0 aliphatic heterocycles. The van der Waals surface area contributed by atoms with Crippen molar-refractivity contribution in [3.8, 4) is 0 Å². The lowest BCUT2D eigenvalue weighted by Gasteiger charge is -2.18. The molecule has 0 amide bonds. The Morgan fingerprint density at radius 3 is 0.808 bits per heavy atom. The van der Waals surface area contributed by atoms with E-state index in [0.717, 1.165) is 0 Å². The van der Waals surface area contributed by atoms with E-state index in [-0.39, 0.29) is 0 Å². The number of rotatable bonds is 0. The lowest BCUT2D eigenvalue weighted by Crippen LogP contribution is -1.92. The molecule has 0 radical (unpaired) electrons. The molecule has 0 saturated heterocycles. The van der Waals surface area contributed by atoms with E-state index >= 15 is 0 Å². The van der Waals surface area contributed by atoms with Gasteiger partial charge in [0.2, 0.25) is 0 Å². The van der Waals surface area contributed by atoms with Gasteiger partial charge in [-0.15, -0.1) is 0 Å². The van der Waals surface area contributed by atoms with Crippen molar-refractivity contribution in [1.29, 1.82) is 0 Å². The number of benzene rings is 5. The van der Waals surface area contributed by atoms with Crippen molar-refractivity contribution in [2.75, 3.05) is 0 Å². The van der Waals surface area contributed by atoms with E-state index in [9.17, 15) is 0 Å². The van der Waals surface area contributed by atoms with E-state index < -0.39 is 0 Å². The van der Waals surface area contributed by atoms with Gasteiger partial charge >= 0.3 is 0 Å². The minimum atomic E-state index is 1.37. The average Bonchev–Trinajstić information content (AvgIpc) is 2.65. The summed E-state index contributed by atoms with van der Waals surface area (Å²) in [6, 6.07) is 18.4. The van der Waals surface area contributed by atoms with Crippen molar-refractivity contribution in [3.05, 3.63) is 70.8 Å². The SMILES string of the molecule is CC.Cc1ccc2c3ccc(C)c4c(C)ccc(c5ccc(C)c1c25)c43. The molecule has 0 aromatic heterocycles. The van der Waals surface area contributed by atoms with Gasteiger partial charge in [-0.3, -0.25) is 0 Å². The van der Waals surface area contributed by atoms with Gasteiger partial charge in [-0.2, -0.15) is 0 Å². The van der Waals surface area contributed by atoms with Crippen LogP contribution < -0.4 is 0 Å². The number of hydrogen-bond donors (Lipinski definition) is 0. The second-order valence-corrected chi connectivity index (χ2v) is 7.22. The monoisotopic (exact) mass is 338 g/mol. The van der Waals surface area contributed by atoms with Crippen LogP contribution in [-0.2, 0) is 0 Å². The van der Waals surface area contributed by atoms with E-state index in [4.69, 9.17) is 0 Å². The summed E-state index contributed by atoms with van der Waals surface area (Å²) >= 11 is 0. The Bertz CT molecular complexity index is 1080. The lowest BCUT2D eigenvalue weighted by atomic mass is 9.85. The zero-order valence-electron chi connectivity index (χ0n) is 16.6. The molecule has 5 aromatic carbocycles. The molecule has 0 bridgehead atoms. The molecule has 0 heterocycles. The van der Waals surface area contributed by atoms with Crippen LogP contribution in [0.2, 0.25) is 0 Å².